The van der Waals surface area contributed by atoms with Gasteiger partial charge in [0.05, 0.1) is 0 Å². The van der Waals surface area contributed by atoms with Crippen LogP contribution in [0.2, 0.25) is 0 Å². The van der Waals surface area contributed by atoms with Crippen molar-refractivity contribution in [1.29, 1.82) is 0 Å². The number of thiazole rings is 1. The summed E-state index contributed by atoms with van der Waals surface area (Å²) in [5.41, 5.74) is 1.25. The number of likely N-dealkylation sites (tertiary alicyclic amines) is 1. The number of hydrogen-bond acceptors (Lipinski definition) is 5. The first-order chi connectivity index (χ1) is 12.2. The van der Waals surface area contributed by atoms with Crippen LogP contribution in [0.3, 0.4) is 0 Å². The lowest BCUT2D eigenvalue weighted by Crippen LogP contribution is -2.48. The molecular formula is C18H32IN5S2. The molecule has 0 aromatic carbocycles. The third kappa shape index (κ3) is 9.57. The Morgan fingerprint density at radius 1 is 1.46 bits per heavy atom. The maximum Gasteiger partial charge on any atom is 0.191 e. The van der Waals surface area contributed by atoms with Gasteiger partial charge in [-0.05, 0) is 33.1 Å². The van der Waals surface area contributed by atoms with E-state index >= 15 is 0 Å². The molecule has 2 rings (SSSR count). The zero-order chi connectivity index (χ0) is 17.9. The van der Waals surface area contributed by atoms with E-state index < -0.39 is 0 Å². The van der Waals surface area contributed by atoms with Crippen molar-refractivity contribution in [3.63, 3.8) is 0 Å². The van der Waals surface area contributed by atoms with E-state index in [1.165, 1.54) is 5.57 Å². The van der Waals surface area contributed by atoms with E-state index in [1.807, 2.05) is 23.3 Å². The average Bonchev–Trinajstić information content (AvgIpc) is 3.09. The fourth-order valence-corrected chi connectivity index (χ4v) is 4.46. The van der Waals surface area contributed by atoms with Gasteiger partial charge in [0.15, 0.2) is 5.96 Å². The van der Waals surface area contributed by atoms with Crippen molar-refractivity contribution in [2.45, 2.75) is 43.5 Å². The zero-order valence-corrected chi connectivity index (χ0v) is 19.8. The molecule has 0 saturated carbocycles. The number of halogens is 1. The maximum atomic E-state index is 4.73. The van der Waals surface area contributed by atoms with E-state index in [4.69, 9.17) is 4.99 Å². The summed E-state index contributed by atoms with van der Waals surface area (Å²) >= 11 is 3.52. The summed E-state index contributed by atoms with van der Waals surface area (Å²) in [6.45, 7) is 13.3. The third-order valence-electron chi connectivity index (χ3n) is 3.97. The average molecular weight is 510 g/mol. The van der Waals surface area contributed by atoms with Crippen LogP contribution in [-0.2, 0) is 0 Å². The summed E-state index contributed by atoms with van der Waals surface area (Å²) in [6, 6.07) is 0.517. The largest absolute Gasteiger partial charge is 0.357 e. The second-order valence-corrected chi connectivity index (χ2v) is 8.65. The van der Waals surface area contributed by atoms with Gasteiger partial charge in [0.2, 0.25) is 0 Å². The molecule has 0 unspecified atom stereocenters. The van der Waals surface area contributed by atoms with Crippen molar-refractivity contribution in [2.24, 2.45) is 4.99 Å². The van der Waals surface area contributed by atoms with E-state index in [0.29, 0.717) is 6.04 Å². The van der Waals surface area contributed by atoms with Crippen LogP contribution in [0.25, 0.3) is 0 Å². The summed E-state index contributed by atoms with van der Waals surface area (Å²) in [5.74, 6) is 2.02. The second-order valence-electron chi connectivity index (χ2n) is 6.41. The Morgan fingerprint density at radius 3 is 2.85 bits per heavy atom. The normalized spacial score (nSPS) is 16.2. The summed E-state index contributed by atoms with van der Waals surface area (Å²) < 4.78 is 1.15. The van der Waals surface area contributed by atoms with Gasteiger partial charge in [-0.25, -0.2) is 4.98 Å². The Kier molecular flexibility index (Phi) is 12.6. The fraction of sp³-hybridized carbons (Fsp3) is 0.667. The first-order valence-electron chi connectivity index (χ1n) is 9.11. The Balaban J connectivity index is 0.00000338. The summed E-state index contributed by atoms with van der Waals surface area (Å²) in [4.78, 5) is 11.5. The number of thioether (sulfide) groups is 1. The number of guanidine groups is 1. The quantitative estimate of drug-likeness (QED) is 0.132. The highest BCUT2D eigenvalue weighted by atomic mass is 127. The second kappa shape index (κ2) is 13.8. The summed E-state index contributed by atoms with van der Waals surface area (Å²) in [6.07, 6.45) is 5.26. The lowest BCUT2D eigenvalue weighted by Gasteiger charge is -2.33. The predicted octanol–water partition coefficient (Wildman–Crippen LogP) is 3.84. The molecule has 1 aromatic rings. The Morgan fingerprint density at radius 2 is 2.23 bits per heavy atom. The number of nitrogens with zero attached hydrogens (tertiary/aromatic N) is 3. The molecule has 0 bridgehead atoms. The van der Waals surface area contributed by atoms with E-state index in [-0.39, 0.29) is 24.0 Å². The van der Waals surface area contributed by atoms with Crippen LogP contribution >= 0.6 is 47.1 Å². The van der Waals surface area contributed by atoms with Crippen LogP contribution in [0.4, 0.5) is 0 Å². The van der Waals surface area contributed by atoms with Crippen molar-refractivity contribution in [1.82, 2.24) is 20.5 Å². The molecule has 1 aliphatic heterocycles. The van der Waals surface area contributed by atoms with Crippen LogP contribution in [0.15, 0.2) is 33.1 Å². The van der Waals surface area contributed by atoms with Crippen LogP contribution in [0.5, 0.6) is 0 Å². The minimum absolute atomic E-state index is 0. The molecule has 26 heavy (non-hydrogen) atoms. The zero-order valence-electron chi connectivity index (χ0n) is 15.9. The number of piperidine rings is 1. The molecule has 1 saturated heterocycles. The van der Waals surface area contributed by atoms with Crippen LogP contribution < -0.4 is 10.6 Å². The molecule has 1 aromatic heterocycles. The van der Waals surface area contributed by atoms with E-state index in [1.54, 1.807) is 11.3 Å². The van der Waals surface area contributed by atoms with Crippen molar-refractivity contribution < 1.29 is 0 Å². The SMILES string of the molecule is C=C(C)CN1CCC(NC(=NCCCSc2nccs2)NCC)CC1.I. The van der Waals surface area contributed by atoms with Crippen molar-refractivity contribution in [2.75, 3.05) is 38.5 Å². The van der Waals surface area contributed by atoms with Crippen molar-refractivity contribution in [3.8, 4) is 0 Å². The highest BCUT2D eigenvalue weighted by molar-refractivity contribution is 14.0. The maximum absolute atomic E-state index is 4.73. The number of aliphatic imine (C=N–C) groups is 1. The molecule has 1 aliphatic rings. The van der Waals surface area contributed by atoms with E-state index in [0.717, 1.165) is 68.0 Å². The molecule has 8 heteroatoms. The molecule has 0 spiro atoms. The molecule has 1 fully saturated rings. The monoisotopic (exact) mass is 509 g/mol. The number of nitrogens with one attached hydrogen (secondary N) is 2. The van der Waals surface area contributed by atoms with Crippen LogP contribution in [-0.4, -0.2) is 60.4 Å². The highest BCUT2D eigenvalue weighted by Crippen LogP contribution is 2.20. The molecular weight excluding hydrogens is 477 g/mol. The lowest BCUT2D eigenvalue weighted by molar-refractivity contribution is 0.221. The van der Waals surface area contributed by atoms with E-state index in [2.05, 4.69) is 40.9 Å². The third-order valence-corrected chi connectivity index (χ3v) is 6.03. The van der Waals surface area contributed by atoms with Gasteiger partial charge in [0.1, 0.15) is 4.34 Å². The lowest BCUT2D eigenvalue weighted by atomic mass is 10.0. The van der Waals surface area contributed by atoms with Gasteiger partial charge in [-0.15, -0.1) is 35.3 Å². The molecule has 2 heterocycles. The van der Waals surface area contributed by atoms with Gasteiger partial charge in [-0.2, -0.15) is 0 Å². The Labute approximate surface area is 183 Å². The summed E-state index contributed by atoms with van der Waals surface area (Å²) in [5, 5.41) is 9.00. The smallest absolute Gasteiger partial charge is 0.191 e. The number of hydrogen-bond donors (Lipinski definition) is 2. The molecule has 2 N–H and O–H groups in total. The van der Waals surface area contributed by atoms with Crippen molar-refractivity contribution in [3.05, 3.63) is 23.7 Å². The van der Waals surface area contributed by atoms with Crippen LogP contribution in [0.1, 0.15) is 33.1 Å². The highest BCUT2D eigenvalue weighted by Gasteiger charge is 2.19. The Bertz CT molecular complexity index is 528. The molecule has 0 amide bonds. The number of rotatable bonds is 9. The predicted molar refractivity (Wildman–Crippen MR) is 126 cm³/mol. The first-order valence-corrected chi connectivity index (χ1v) is 11.0. The molecule has 5 nitrogen and oxygen atoms in total. The fourth-order valence-electron chi connectivity index (χ4n) is 2.83. The minimum atomic E-state index is 0. The molecule has 0 radical (unpaired) electrons. The van der Waals surface area contributed by atoms with Gasteiger partial charge in [-0.3, -0.25) is 9.89 Å². The Hall–Kier alpha value is -0.320. The molecule has 148 valence electrons. The molecule has 0 atom stereocenters. The summed E-state index contributed by atoms with van der Waals surface area (Å²) in [7, 11) is 0. The van der Waals surface area contributed by atoms with E-state index in [9.17, 15) is 0 Å². The van der Waals surface area contributed by atoms with Crippen molar-refractivity contribution >= 4 is 53.0 Å². The first kappa shape index (κ1) is 23.7. The standard InChI is InChI=1S/C18H31N5S2.HI/c1-4-19-17(20-8-5-12-24-18-21-9-13-25-18)22-16-6-10-23(11-7-16)14-15(2)3;/h9,13,16H,2,4-8,10-12,14H2,1,3H3,(H2,19,20,22);1H. The van der Waals surface area contributed by atoms with Gasteiger partial charge in [0, 0.05) is 56.1 Å². The number of aromatic nitrogens is 1. The van der Waals surface area contributed by atoms with Gasteiger partial charge >= 0.3 is 0 Å². The molecule has 0 aliphatic carbocycles. The van der Waals surface area contributed by atoms with Gasteiger partial charge < -0.3 is 10.6 Å². The minimum Gasteiger partial charge on any atom is -0.357 e. The van der Waals surface area contributed by atoms with Gasteiger partial charge in [-0.1, -0.05) is 23.9 Å². The van der Waals surface area contributed by atoms with Gasteiger partial charge in [0.25, 0.3) is 0 Å². The topological polar surface area (TPSA) is 52.5 Å². The van der Waals surface area contributed by atoms with Crippen LogP contribution in [0, 0.1) is 0 Å².